The van der Waals surface area contributed by atoms with Crippen LogP contribution in [-0.2, 0) is 24.7 Å². The minimum Gasteiger partial charge on any atom is -0.323 e. The Morgan fingerprint density at radius 2 is 1.80 bits per heavy atom. The molecule has 0 aliphatic carbocycles. The lowest BCUT2D eigenvalue weighted by Gasteiger charge is -2.29. The lowest BCUT2D eigenvalue weighted by atomic mass is 10.2. The smallest absolute Gasteiger partial charge is 0.245 e. The second-order valence-electron chi connectivity index (χ2n) is 4.52. The number of fused-ring (bicyclic) bond motifs is 1. The van der Waals surface area contributed by atoms with Gasteiger partial charge < -0.3 is 5.32 Å². The molecule has 110 valence electrons. The molecule has 0 unspecified atom stereocenters. The van der Waals surface area contributed by atoms with Crippen LogP contribution in [0.3, 0.4) is 0 Å². The fourth-order valence-corrected chi connectivity index (χ4v) is 4.86. The number of hydrogen-bond donors (Lipinski definition) is 1. The van der Waals surface area contributed by atoms with E-state index in [9.17, 15) is 21.6 Å². The van der Waals surface area contributed by atoms with E-state index in [1.165, 1.54) is 0 Å². The molecular weight excluding hydrogens is 304 g/mol. The Kier molecular flexibility index (Phi) is 3.74. The summed E-state index contributed by atoms with van der Waals surface area (Å²) in [6.45, 7) is -0.344. The first kappa shape index (κ1) is 14.8. The van der Waals surface area contributed by atoms with Gasteiger partial charge in [0.1, 0.15) is 16.4 Å². The van der Waals surface area contributed by atoms with Gasteiger partial charge in [-0.25, -0.2) is 16.8 Å². The maximum Gasteiger partial charge on any atom is 0.245 e. The van der Waals surface area contributed by atoms with Crippen molar-refractivity contribution in [2.24, 2.45) is 0 Å². The summed E-state index contributed by atoms with van der Waals surface area (Å²) < 4.78 is 47.6. The molecular formula is C11H14N2O5S2. The number of para-hydroxylation sites is 2. The van der Waals surface area contributed by atoms with Crippen LogP contribution in [0.4, 0.5) is 11.4 Å². The normalized spacial score (nSPS) is 15.7. The number of sulfonamides is 1. The van der Waals surface area contributed by atoms with Crippen LogP contribution < -0.4 is 9.62 Å². The zero-order valence-corrected chi connectivity index (χ0v) is 12.4. The first-order chi connectivity index (χ1) is 9.19. The van der Waals surface area contributed by atoms with Gasteiger partial charge in [-0.3, -0.25) is 9.10 Å². The molecule has 0 spiro atoms. The van der Waals surface area contributed by atoms with Gasteiger partial charge in [0.2, 0.25) is 15.9 Å². The van der Waals surface area contributed by atoms with Crippen molar-refractivity contribution in [3.63, 3.8) is 0 Å². The molecule has 1 aliphatic rings. The van der Waals surface area contributed by atoms with Gasteiger partial charge in [-0.1, -0.05) is 12.1 Å². The number of benzene rings is 1. The number of rotatable bonds is 4. The van der Waals surface area contributed by atoms with Crippen molar-refractivity contribution in [1.82, 2.24) is 0 Å². The first-order valence-electron chi connectivity index (χ1n) is 5.76. The Hall–Kier alpha value is -1.61. The van der Waals surface area contributed by atoms with E-state index in [2.05, 4.69) is 5.32 Å². The van der Waals surface area contributed by atoms with Crippen LogP contribution in [0.2, 0.25) is 0 Å². The summed E-state index contributed by atoms with van der Waals surface area (Å²) in [5.41, 5.74) is 0.743. The zero-order valence-electron chi connectivity index (χ0n) is 10.7. The van der Waals surface area contributed by atoms with E-state index >= 15 is 0 Å². The summed E-state index contributed by atoms with van der Waals surface area (Å²) >= 11 is 0. The van der Waals surface area contributed by atoms with Crippen LogP contribution in [0.25, 0.3) is 0 Å². The van der Waals surface area contributed by atoms with Gasteiger partial charge in [-0.2, -0.15) is 0 Å². The Balaban J connectivity index is 2.35. The van der Waals surface area contributed by atoms with Crippen LogP contribution in [0.15, 0.2) is 24.3 Å². The molecule has 9 heteroatoms. The molecule has 1 amide bonds. The van der Waals surface area contributed by atoms with E-state index in [1.807, 2.05) is 0 Å². The highest BCUT2D eigenvalue weighted by Gasteiger charge is 2.31. The highest BCUT2D eigenvalue weighted by atomic mass is 32.2. The standard InChI is InChI=1S/C11H14N2O5S2/c1-19(15,16)6-7-20(17,18)13-8-11(14)12-9-4-2-3-5-10(9)13/h2-5H,6-8H2,1H3,(H,12,14). The number of carbonyl (C=O) groups excluding carboxylic acids is 1. The van der Waals surface area contributed by atoms with E-state index in [-0.39, 0.29) is 6.54 Å². The summed E-state index contributed by atoms with van der Waals surface area (Å²) in [6.07, 6.45) is 0.972. The first-order valence-corrected chi connectivity index (χ1v) is 9.43. The van der Waals surface area contributed by atoms with Gasteiger partial charge >= 0.3 is 0 Å². The number of anilines is 2. The minimum absolute atomic E-state index is 0.344. The van der Waals surface area contributed by atoms with E-state index in [1.54, 1.807) is 24.3 Å². The van der Waals surface area contributed by atoms with Crippen molar-refractivity contribution < 1.29 is 21.6 Å². The summed E-state index contributed by atoms with van der Waals surface area (Å²) in [6, 6.07) is 6.47. The third-order valence-electron chi connectivity index (χ3n) is 2.78. The topological polar surface area (TPSA) is 101 Å². The third-order valence-corrected chi connectivity index (χ3v) is 5.70. The Labute approximate surface area is 117 Å². The van der Waals surface area contributed by atoms with Gasteiger partial charge in [-0.05, 0) is 12.1 Å². The number of carbonyl (C=O) groups is 1. The third kappa shape index (κ3) is 3.28. The maximum absolute atomic E-state index is 12.2. The van der Waals surface area contributed by atoms with E-state index in [4.69, 9.17) is 0 Å². The van der Waals surface area contributed by atoms with Crippen molar-refractivity contribution in [3.8, 4) is 0 Å². The molecule has 1 heterocycles. The van der Waals surface area contributed by atoms with Crippen molar-refractivity contribution >= 4 is 37.1 Å². The second-order valence-corrected chi connectivity index (χ2v) is 8.79. The van der Waals surface area contributed by atoms with Crippen molar-refractivity contribution in [1.29, 1.82) is 0 Å². The summed E-state index contributed by atoms with van der Waals surface area (Å²) in [5, 5.41) is 2.57. The van der Waals surface area contributed by atoms with Gasteiger partial charge in [-0.15, -0.1) is 0 Å². The van der Waals surface area contributed by atoms with Crippen LogP contribution >= 0.6 is 0 Å². The minimum atomic E-state index is -3.87. The lowest BCUT2D eigenvalue weighted by Crippen LogP contribution is -2.43. The van der Waals surface area contributed by atoms with Gasteiger partial charge in [0.05, 0.1) is 22.9 Å². The molecule has 20 heavy (non-hydrogen) atoms. The lowest BCUT2D eigenvalue weighted by molar-refractivity contribution is -0.115. The molecule has 7 nitrogen and oxygen atoms in total. The number of nitrogens with zero attached hydrogens (tertiary/aromatic N) is 1. The SMILES string of the molecule is CS(=O)(=O)CCS(=O)(=O)N1CC(=O)Nc2ccccc21. The molecule has 0 saturated carbocycles. The molecule has 1 N–H and O–H groups in total. The molecule has 0 aromatic heterocycles. The number of hydrogen-bond acceptors (Lipinski definition) is 5. The van der Waals surface area contributed by atoms with Gasteiger partial charge in [0, 0.05) is 6.26 Å². The van der Waals surface area contributed by atoms with Gasteiger partial charge in [0.25, 0.3) is 0 Å². The summed E-state index contributed by atoms with van der Waals surface area (Å²) in [4.78, 5) is 11.5. The predicted octanol–water partition coefficient (Wildman–Crippen LogP) is -0.180. The van der Waals surface area contributed by atoms with Crippen molar-refractivity contribution in [2.45, 2.75) is 0 Å². The van der Waals surface area contributed by atoms with E-state index < -0.39 is 37.3 Å². The fourth-order valence-electron chi connectivity index (χ4n) is 1.82. The van der Waals surface area contributed by atoms with Crippen LogP contribution in [0, 0.1) is 0 Å². The monoisotopic (exact) mass is 318 g/mol. The van der Waals surface area contributed by atoms with Crippen LogP contribution in [0.5, 0.6) is 0 Å². The predicted molar refractivity (Wildman–Crippen MR) is 75.9 cm³/mol. The molecule has 1 aromatic rings. The Morgan fingerprint density at radius 3 is 2.45 bits per heavy atom. The highest BCUT2D eigenvalue weighted by Crippen LogP contribution is 2.30. The molecule has 0 fully saturated rings. The number of nitrogens with one attached hydrogen (secondary N) is 1. The quantitative estimate of drug-likeness (QED) is 0.830. The Bertz CT molecular complexity index is 740. The molecule has 0 saturated heterocycles. The van der Waals surface area contributed by atoms with Crippen LogP contribution in [-0.4, -0.2) is 47.0 Å². The second kappa shape index (κ2) is 5.06. The molecule has 0 bridgehead atoms. The molecule has 2 rings (SSSR count). The maximum atomic E-state index is 12.2. The van der Waals surface area contributed by atoms with E-state index in [0.29, 0.717) is 11.4 Å². The van der Waals surface area contributed by atoms with Crippen molar-refractivity contribution in [2.75, 3.05) is 33.9 Å². The molecule has 1 aromatic carbocycles. The number of sulfone groups is 1. The highest BCUT2D eigenvalue weighted by molar-refractivity contribution is 7.95. The molecule has 0 radical (unpaired) electrons. The van der Waals surface area contributed by atoms with Crippen molar-refractivity contribution in [3.05, 3.63) is 24.3 Å². The summed E-state index contributed by atoms with van der Waals surface area (Å²) in [5.74, 6) is -1.48. The van der Waals surface area contributed by atoms with E-state index in [0.717, 1.165) is 10.6 Å². The number of amides is 1. The van der Waals surface area contributed by atoms with Crippen LogP contribution in [0.1, 0.15) is 0 Å². The molecule has 0 atom stereocenters. The van der Waals surface area contributed by atoms with Gasteiger partial charge in [0.15, 0.2) is 0 Å². The Morgan fingerprint density at radius 1 is 1.15 bits per heavy atom. The molecule has 1 aliphatic heterocycles. The zero-order chi connectivity index (χ0) is 15.0. The fraction of sp³-hybridized carbons (Fsp3) is 0.364. The summed E-state index contributed by atoms with van der Waals surface area (Å²) in [7, 11) is -7.26. The average Bonchev–Trinajstić information content (AvgIpc) is 2.35. The largest absolute Gasteiger partial charge is 0.323 e. The average molecular weight is 318 g/mol.